The van der Waals surface area contributed by atoms with Gasteiger partial charge in [-0.05, 0) is 24.6 Å². The Morgan fingerprint density at radius 3 is 2.03 bits per heavy atom. The summed E-state index contributed by atoms with van der Waals surface area (Å²) in [5.74, 6) is -8.27. The van der Waals surface area contributed by atoms with E-state index in [1.807, 2.05) is 5.32 Å². The number of amides is 3. The van der Waals surface area contributed by atoms with Crippen molar-refractivity contribution in [1.82, 2.24) is 0 Å². The fourth-order valence-corrected chi connectivity index (χ4v) is 3.37. The topological polar surface area (TPSA) is 87.3 Å². The molecule has 3 N–H and O–H groups in total. The van der Waals surface area contributed by atoms with Gasteiger partial charge in [0.2, 0.25) is 5.91 Å². The summed E-state index contributed by atoms with van der Waals surface area (Å²) < 4.78 is 65.6. The first-order valence-corrected chi connectivity index (χ1v) is 10.0. The summed E-state index contributed by atoms with van der Waals surface area (Å²) in [4.78, 5) is 35.8. The summed E-state index contributed by atoms with van der Waals surface area (Å²) in [5, 5.41) is 5.13. The van der Waals surface area contributed by atoms with Crippen molar-refractivity contribution < 1.29 is 36.3 Å². The summed E-state index contributed by atoms with van der Waals surface area (Å²) in [6, 6.07) is 2.58. The van der Waals surface area contributed by atoms with Crippen LogP contribution in [-0.2, 0) is 9.59 Å². The molecule has 3 rings (SSSR count). The van der Waals surface area contributed by atoms with E-state index in [1.54, 1.807) is 0 Å². The molecule has 1 aliphatic carbocycles. The Bertz CT molecular complexity index is 1160. The molecule has 6 nitrogen and oxygen atoms in total. The molecule has 0 heterocycles. The highest BCUT2D eigenvalue weighted by molar-refractivity contribution is 6.52. The van der Waals surface area contributed by atoms with Crippen LogP contribution in [0.3, 0.4) is 0 Å². The minimum absolute atomic E-state index is 0.166. The lowest BCUT2D eigenvalue weighted by Gasteiger charge is -2.13. The third kappa shape index (κ3) is 5.66. The first kappa shape index (κ1) is 25.0. The number of anilines is 3. The predicted molar refractivity (Wildman–Crippen MR) is 112 cm³/mol. The van der Waals surface area contributed by atoms with Crippen molar-refractivity contribution in [1.29, 1.82) is 0 Å². The molecule has 2 aromatic carbocycles. The monoisotopic (exact) mass is 529 g/mol. The van der Waals surface area contributed by atoms with Crippen LogP contribution in [-0.4, -0.2) is 28.5 Å². The minimum atomic E-state index is -3.48. The van der Waals surface area contributed by atoms with Crippen molar-refractivity contribution in [3.63, 3.8) is 0 Å². The molecule has 2 aromatic rings. The lowest BCUT2D eigenvalue weighted by molar-refractivity contribution is -0.126. The highest BCUT2D eigenvalue weighted by Gasteiger charge is 2.56. The van der Waals surface area contributed by atoms with Crippen molar-refractivity contribution in [3.05, 3.63) is 52.3 Å². The van der Waals surface area contributed by atoms with E-state index in [0.29, 0.717) is 6.07 Å². The summed E-state index contributed by atoms with van der Waals surface area (Å²) >= 11 is 17.4. The molecule has 1 saturated carbocycles. The minimum Gasteiger partial charge on any atom is -0.326 e. The largest absolute Gasteiger partial charge is 0.326 e. The van der Waals surface area contributed by atoms with Crippen LogP contribution in [0.15, 0.2) is 24.3 Å². The van der Waals surface area contributed by atoms with Crippen LogP contribution in [0.25, 0.3) is 0 Å². The number of hydrogen-bond donors (Lipinski definition) is 3. The smallest absolute Gasteiger partial charge is 0.315 e. The SMILES string of the molecule is O=C(Nc1cc(NC(=O)C(F)F)c(F)cc1F)c1cc(NC(=O)C2CC2(Cl)Cl)cc(F)c1Cl. The molecule has 1 aliphatic rings. The highest BCUT2D eigenvalue weighted by atomic mass is 35.5. The van der Waals surface area contributed by atoms with Gasteiger partial charge in [-0.1, -0.05) is 11.6 Å². The van der Waals surface area contributed by atoms with Crippen molar-refractivity contribution >= 4 is 69.6 Å². The Morgan fingerprint density at radius 1 is 0.909 bits per heavy atom. The van der Waals surface area contributed by atoms with Crippen LogP contribution in [0.2, 0.25) is 5.02 Å². The number of nitrogens with one attached hydrogen (secondary N) is 3. The summed E-state index contributed by atoms with van der Waals surface area (Å²) in [7, 11) is 0. The van der Waals surface area contributed by atoms with Crippen LogP contribution in [0.5, 0.6) is 0 Å². The number of carbonyl (C=O) groups is 3. The van der Waals surface area contributed by atoms with Gasteiger partial charge in [-0.25, -0.2) is 13.2 Å². The van der Waals surface area contributed by atoms with E-state index in [0.717, 1.165) is 12.1 Å². The maximum absolute atomic E-state index is 14.2. The molecule has 0 saturated heterocycles. The molecule has 176 valence electrons. The lowest BCUT2D eigenvalue weighted by atomic mass is 10.1. The average molecular weight is 531 g/mol. The second-order valence-corrected chi connectivity index (χ2v) is 8.80. The van der Waals surface area contributed by atoms with Gasteiger partial charge in [-0.15, -0.1) is 23.2 Å². The van der Waals surface area contributed by atoms with Crippen LogP contribution in [0, 0.1) is 23.4 Å². The average Bonchev–Trinajstić information content (AvgIpc) is 3.36. The first-order chi connectivity index (χ1) is 15.3. The highest BCUT2D eigenvalue weighted by Crippen LogP contribution is 2.53. The fourth-order valence-electron chi connectivity index (χ4n) is 2.67. The van der Waals surface area contributed by atoms with Crippen LogP contribution in [0.1, 0.15) is 16.8 Å². The van der Waals surface area contributed by atoms with Gasteiger partial charge in [-0.3, -0.25) is 14.4 Å². The number of alkyl halides is 4. The van der Waals surface area contributed by atoms with E-state index in [4.69, 9.17) is 34.8 Å². The molecular weight excluding hydrogens is 520 g/mol. The van der Waals surface area contributed by atoms with E-state index in [-0.39, 0.29) is 18.2 Å². The Kier molecular flexibility index (Phi) is 7.06. The Labute approximate surface area is 197 Å². The molecule has 0 aliphatic heterocycles. The van der Waals surface area contributed by atoms with Crippen molar-refractivity contribution in [3.8, 4) is 0 Å². The Balaban J connectivity index is 1.84. The number of benzene rings is 2. The normalized spacial score (nSPS) is 16.3. The van der Waals surface area contributed by atoms with Crippen molar-refractivity contribution in [2.75, 3.05) is 16.0 Å². The third-order valence-corrected chi connectivity index (χ3v) is 5.66. The maximum atomic E-state index is 14.2. The van der Waals surface area contributed by atoms with E-state index in [1.165, 1.54) is 5.32 Å². The first-order valence-electron chi connectivity index (χ1n) is 8.87. The predicted octanol–water partition coefficient (Wildman–Crippen LogP) is 5.35. The molecule has 0 aromatic heterocycles. The van der Waals surface area contributed by atoms with Crippen molar-refractivity contribution in [2.45, 2.75) is 17.2 Å². The molecule has 0 bridgehead atoms. The second kappa shape index (κ2) is 9.32. The quantitative estimate of drug-likeness (QED) is 0.348. The zero-order chi connectivity index (χ0) is 24.7. The van der Waals surface area contributed by atoms with E-state index in [9.17, 15) is 36.3 Å². The summed E-state index contributed by atoms with van der Waals surface area (Å²) in [5.41, 5.74) is -2.31. The molecule has 0 spiro atoms. The summed E-state index contributed by atoms with van der Waals surface area (Å²) in [6.45, 7) is 0. The number of hydrogen-bond acceptors (Lipinski definition) is 3. The zero-order valence-electron chi connectivity index (χ0n) is 15.9. The molecule has 1 atom stereocenters. The van der Waals surface area contributed by atoms with Crippen molar-refractivity contribution in [2.24, 2.45) is 5.92 Å². The molecule has 3 amide bonds. The lowest BCUT2D eigenvalue weighted by Crippen LogP contribution is -2.21. The number of carbonyl (C=O) groups excluding carboxylic acids is 3. The van der Waals surface area contributed by atoms with E-state index >= 15 is 0 Å². The van der Waals surface area contributed by atoms with E-state index < -0.39 is 73.8 Å². The molecule has 1 fully saturated rings. The van der Waals surface area contributed by atoms with Gasteiger partial charge in [0.25, 0.3) is 11.8 Å². The van der Waals surface area contributed by atoms with E-state index in [2.05, 4.69) is 5.32 Å². The second-order valence-electron chi connectivity index (χ2n) is 6.88. The Morgan fingerprint density at radius 2 is 1.48 bits per heavy atom. The van der Waals surface area contributed by atoms with Gasteiger partial charge >= 0.3 is 6.43 Å². The zero-order valence-corrected chi connectivity index (χ0v) is 18.2. The Hall–Kier alpha value is -2.63. The summed E-state index contributed by atoms with van der Waals surface area (Å²) in [6.07, 6.45) is -3.31. The number of halogens is 8. The fraction of sp³-hybridized carbons (Fsp3) is 0.211. The van der Waals surface area contributed by atoms with Gasteiger partial charge < -0.3 is 16.0 Å². The van der Waals surface area contributed by atoms with Crippen LogP contribution >= 0.6 is 34.8 Å². The molecule has 1 unspecified atom stereocenters. The van der Waals surface area contributed by atoms with Gasteiger partial charge in [0.1, 0.15) is 21.8 Å². The van der Waals surface area contributed by atoms with Gasteiger partial charge in [-0.2, -0.15) is 8.78 Å². The maximum Gasteiger partial charge on any atom is 0.315 e. The molecular formula is C19H11Cl3F5N3O3. The molecule has 0 radical (unpaired) electrons. The van der Waals surface area contributed by atoms with Crippen LogP contribution in [0.4, 0.5) is 39.0 Å². The van der Waals surface area contributed by atoms with Gasteiger partial charge in [0.05, 0.1) is 27.9 Å². The van der Waals surface area contributed by atoms with Gasteiger partial charge in [0.15, 0.2) is 0 Å². The standard InChI is InChI=1S/C19H11Cl3F5N3O3/c20-14-7(1-6(2-11(14)25)28-17(32)8-5-19(8,21)22)16(31)29-12-4-13(10(24)3-9(12)23)30-18(33)15(26)27/h1-4,8,15H,5H2,(H,28,32)(H,29,31)(H,30,33). The third-order valence-electron chi connectivity index (χ3n) is 4.44. The molecule has 33 heavy (non-hydrogen) atoms. The molecule has 14 heteroatoms. The number of rotatable bonds is 6. The van der Waals surface area contributed by atoms with Gasteiger partial charge in [0, 0.05) is 11.8 Å². The van der Waals surface area contributed by atoms with Crippen LogP contribution < -0.4 is 16.0 Å².